The standard InChI is InChI=1S/C12H19N3O2/c1-7-8(6-13)9(14)5-10(15-7)11(16)17-12(2,3)4/h5H,6,13H2,1-4H3,(H2,14,15). The van der Waals surface area contributed by atoms with Gasteiger partial charge in [-0.3, -0.25) is 0 Å². The number of carbonyl (C=O) groups is 1. The number of aryl methyl sites for hydroxylation is 1. The fraction of sp³-hybridized carbons (Fsp3) is 0.500. The van der Waals surface area contributed by atoms with E-state index in [9.17, 15) is 4.79 Å². The molecule has 0 atom stereocenters. The van der Waals surface area contributed by atoms with Crippen LogP contribution in [0.2, 0.25) is 0 Å². The van der Waals surface area contributed by atoms with Crippen molar-refractivity contribution in [1.29, 1.82) is 0 Å². The molecule has 94 valence electrons. The Kier molecular flexibility index (Phi) is 3.72. The topological polar surface area (TPSA) is 91.2 Å². The third-order valence-electron chi connectivity index (χ3n) is 2.18. The molecule has 1 aromatic heterocycles. The van der Waals surface area contributed by atoms with E-state index in [0.717, 1.165) is 5.56 Å². The molecule has 0 radical (unpaired) electrons. The van der Waals surface area contributed by atoms with Gasteiger partial charge in [-0.2, -0.15) is 0 Å². The van der Waals surface area contributed by atoms with Crippen LogP contribution >= 0.6 is 0 Å². The lowest BCUT2D eigenvalue weighted by Gasteiger charge is -2.19. The minimum atomic E-state index is -0.548. The lowest BCUT2D eigenvalue weighted by atomic mass is 10.1. The predicted octanol–water partition coefficient (Wildman–Crippen LogP) is 1.39. The van der Waals surface area contributed by atoms with Gasteiger partial charge in [0.15, 0.2) is 5.69 Å². The zero-order valence-electron chi connectivity index (χ0n) is 10.7. The first-order valence-corrected chi connectivity index (χ1v) is 5.44. The fourth-order valence-corrected chi connectivity index (χ4v) is 1.42. The second-order valence-corrected chi connectivity index (χ2v) is 4.87. The number of carbonyl (C=O) groups excluding carboxylic acids is 1. The molecule has 0 aliphatic carbocycles. The number of rotatable bonds is 2. The van der Waals surface area contributed by atoms with Crippen molar-refractivity contribution in [1.82, 2.24) is 4.98 Å². The Morgan fingerprint density at radius 3 is 2.47 bits per heavy atom. The minimum Gasteiger partial charge on any atom is -0.455 e. The average molecular weight is 237 g/mol. The lowest BCUT2D eigenvalue weighted by molar-refractivity contribution is 0.00626. The van der Waals surface area contributed by atoms with Crippen molar-refractivity contribution < 1.29 is 9.53 Å². The van der Waals surface area contributed by atoms with Crippen LogP contribution in [0.1, 0.15) is 42.5 Å². The van der Waals surface area contributed by atoms with Crippen LogP contribution < -0.4 is 11.5 Å². The molecule has 5 nitrogen and oxygen atoms in total. The quantitative estimate of drug-likeness (QED) is 0.758. The molecule has 1 rings (SSSR count). The van der Waals surface area contributed by atoms with E-state index in [1.807, 2.05) is 0 Å². The summed E-state index contributed by atoms with van der Waals surface area (Å²) in [7, 11) is 0. The Bertz CT molecular complexity index is 413. The molecule has 0 saturated carbocycles. The summed E-state index contributed by atoms with van der Waals surface area (Å²) in [6, 6.07) is 1.50. The summed E-state index contributed by atoms with van der Waals surface area (Å²) in [5.41, 5.74) is 12.9. The molecule has 0 amide bonds. The van der Waals surface area contributed by atoms with Crippen molar-refractivity contribution in [2.45, 2.75) is 39.8 Å². The second-order valence-electron chi connectivity index (χ2n) is 4.87. The van der Waals surface area contributed by atoms with E-state index >= 15 is 0 Å². The number of nitrogens with two attached hydrogens (primary N) is 2. The molecule has 0 spiro atoms. The number of hydrogen-bond acceptors (Lipinski definition) is 5. The van der Waals surface area contributed by atoms with E-state index in [2.05, 4.69) is 4.98 Å². The number of aromatic nitrogens is 1. The van der Waals surface area contributed by atoms with Crippen molar-refractivity contribution in [2.75, 3.05) is 5.73 Å². The molecule has 1 heterocycles. The van der Waals surface area contributed by atoms with Crippen LogP contribution in [-0.4, -0.2) is 16.6 Å². The number of nitrogens with zero attached hydrogens (tertiary/aromatic N) is 1. The SMILES string of the molecule is Cc1nc(C(=O)OC(C)(C)C)cc(N)c1CN. The number of esters is 1. The largest absolute Gasteiger partial charge is 0.455 e. The van der Waals surface area contributed by atoms with Crippen molar-refractivity contribution in [2.24, 2.45) is 5.73 Å². The van der Waals surface area contributed by atoms with Crippen LogP contribution in [0.4, 0.5) is 5.69 Å². The molecule has 0 aromatic carbocycles. The van der Waals surface area contributed by atoms with E-state index in [-0.39, 0.29) is 5.69 Å². The third kappa shape index (κ3) is 3.42. The van der Waals surface area contributed by atoms with E-state index < -0.39 is 11.6 Å². The Morgan fingerprint density at radius 1 is 1.47 bits per heavy atom. The van der Waals surface area contributed by atoms with Gasteiger partial charge in [0.1, 0.15) is 5.60 Å². The minimum absolute atomic E-state index is 0.215. The molecular weight excluding hydrogens is 218 g/mol. The first kappa shape index (κ1) is 13.4. The molecule has 0 bridgehead atoms. The molecule has 0 saturated heterocycles. The van der Waals surface area contributed by atoms with Crippen LogP contribution in [0.15, 0.2) is 6.07 Å². The maximum absolute atomic E-state index is 11.8. The van der Waals surface area contributed by atoms with Crippen LogP contribution in [0.25, 0.3) is 0 Å². The highest BCUT2D eigenvalue weighted by atomic mass is 16.6. The average Bonchev–Trinajstić information content (AvgIpc) is 2.14. The van der Waals surface area contributed by atoms with E-state index in [4.69, 9.17) is 16.2 Å². The van der Waals surface area contributed by atoms with Crippen molar-refractivity contribution >= 4 is 11.7 Å². The molecule has 0 aliphatic rings. The number of ether oxygens (including phenoxy) is 1. The maximum atomic E-state index is 11.8. The summed E-state index contributed by atoms with van der Waals surface area (Å²) in [4.78, 5) is 15.9. The predicted molar refractivity (Wildman–Crippen MR) is 66.4 cm³/mol. The molecule has 0 unspecified atom stereocenters. The van der Waals surface area contributed by atoms with E-state index in [0.29, 0.717) is 17.9 Å². The molecule has 17 heavy (non-hydrogen) atoms. The Balaban J connectivity index is 3.05. The number of pyridine rings is 1. The molecule has 0 fully saturated rings. The maximum Gasteiger partial charge on any atom is 0.357 e. The number of nitrogen functional groups attached to an aromatic ring is 1. The summed E-state index contributed by atoms with van der Waals surface area (Å²) in [5, 5.41) is 0. The summed E-state index contributed by atoms with van der Waals surface area (Å²) in [6.07, 6.45) is 0. The van der Waals surface area contributed by atoms with Gasteiger partial charge in [0.05, 0.1) is 0 Å². The molecule has 5 heteroatoms. The second kappa shape index (κ2) is 4.71. The lowest BCUT2D eigenvalue weighted by Crippen LogP contribution is -2.25. The smallest absolute Gasteiger partial charge is 0.357 e. The van der Waals surface area contributed by atoms with Crippen LogP contribution in [0, 0.1) is 6.92 Å². The van der Waals surface area contributed by atoms with Gasteiger partial charge in [0.25, 0.3) is 0 Å². The van der Waals surface area contributed by atoms with Gasteiger partial charge < -0.3 is 16.2 Å². The third-order valence-corrected chi connectivity index (χ3v) is 2.18. The van der Waals surface area contributed by atoms with E-state index in [1.165, 1.54) is 6.07 Å². The van der Waals surface area contributed by atoms with Gasteiger partial charge in [-0.25, -0.2) is 9.78 Å². The normalized spacial score (nSPS) is 11.4. The highest BCUT2D eigenvalue weighted by Crippen LogP contribution is 2.18. The Labute approximate surface area is 101 Å². The molecule has 4 N–H and O–H groups in total. The highest BCUT2D eigenvalue weighted by Gasteiger charge is 2.20. The highest BCUT2D eigenvalue weighted by molar-refractivity contribution is 5.88. The summed E-state index contributed by atoms with van der Waals surface area (Å²) in [6.45, 7) is 7.48. The summed E-state index contributed by atoms with van der Waals surface area (Å²) >= 11 is 0. The van der Waals surface area contributed by atoms with Gasteiger partial charge in [-0.1, -0.05) is 0 Å². The van der Waals surface area contributed by atoms with Crippen molar-refractivity contribution in [3.05, 3.63) is 23.0 Å². The van der Waals surface area contributed by atoms with Gasteiger partial charge in [-0.05, 0) is 33.8 Å². The van der Waals surface area contributed by atoms with Crippen molar-refractivity contribution in [3.8, 4) is 0 Å². The summed E-state index contributed by atoms with van der Waals surface area (Å²) < 4.78 is 5.22. The van der Waals surface area contributed by atoms with Gasteiger partial charge >= 0.3 is 5.97 Å². The van der Waals surface area contributed by atoms with Gasteiger partial charge in [0.2, 0.25) is 0 Å². The summed E-state index contributed by atoms with van der Waals surface area (Å²) in [5.74, 6) is -0.476. The Hall–Kier alpha value is -1.62. The molecular formula is C12H19N3O2. The Morgan fingerprint density at radius 2 is 2.06 bits per heavy atom. The van der Waals surface area contributed by atoms with Crippen LogP contribution in [0.3, 0.4) is 0 Å². The van der Waals surface area contributed by atoms with Gasteiger partial charge in [0, 0.05) is 23.5 Å². The van der Waals surface area contributed by atoms with E-state index in [1.54, 1.807) is 27.7 Å². The zero-order valence-corrected chi connectivity index (χ0v) is 10.7. The molecule has 0 aliphatic heterocycles. The van der Waals surface area contributed by atoms with Crippen molar-refractivity contribution in [3.63, 3.8) is 0 Å². The fourth-order valence-electron chi connectivity index (χ4n) is 1.42. The van der Waals surface area contributed by atoms with Crippen LogP contribution in [0.5, 0.6) is 0 Å². The monoisotopic (exact) mass is 237 g/mol. The van der Waals surface area contributed by atoms with Gasteiger partial charge in [-0.15, -0.1) is 0 Å². The van der Waals surface area contributed by atoms with Crippen LogP contribution in [-0.2, 0) is 11.3 Å². The number of anilines is 1. The molecule has 1 aromatic rings. The zero-order chi connectivity index (χ0) is 13.2. The first-order valence-electron chi connectivity index (χ1n) is 5.44. The number of hydrogen-bond donors (Lipinski definition) is 2. The first-order chi connectivity index (χ1) is 7.74.